The lowest BCUT2D eigenvalue weighted by Crippen LogP contribution is -2.47. The maximum Gasteiger partial charge on any atom is 0.251 e. The average Bonchev–Trinajstić information content (AvgIpc) is 2.81. The monoisotopic (exact) mass is 451 g/mol. The first kappa shape index (κ1) is 24.1. The second-order valence-corrected chi connectivity index (χ2v) is 8.41. The van der Waals surface area contributed by atoms with Gasteiger partial charge in [0.2, 0.25) is 5.91 Å². The molecule has 8 heteroatoms. The van der Waals surface area contributed by atoms with E-state index in [1.54, 1.807) is 24.1 Å². The highest BCUT2D eigenvalue weighted by molar-refractivity contribution is 6.03. The summed E-state index contributed by atoms with van der Waals surface area (Å²) in [4.78, 5) is 42.1. The Morgan fingerprint density at radius 1 is 1.00 bits per heavy atom. The summed E-state index contributed by atoms with van der Waals surface area (Å²) in [5, 5.41) is 2.84. The summed E-state index contributed by atoms with van der Waals surface area (Å²) in [6.07, 6.45) is 0.647. The topological polar surface area (TPSA) is 99.0 Å². The van der Waals surface area contributed by atoms with E-state index in [2.05, 4.69) is 34.2 Å². The first-order valence-electron chi connectivity index (χ1n) is 11.3. The van der Waals surface area contributed by atoms with Gasteiger partial charge < -0.3 is 25.8 Å². The number of nitrogens with two attached hydrogens (primary N) is 1. The number of carbonyl (C=O) groups excluding carboxylic acids is 3. The highest BCUT2D eigenvalue weighted by Gasteiger charge is 2.23. The van der Waals surface area contributed by atoms with Crippen LogP contribution in [0.3, 0.4) is 0 Å². The minimum atomic E-state index is -0.552. The Labute approximate surface area is 195 Å². The highest BCUT2D eigenvalue weighted by atomic mass is 16.2. The number of hydrogen-bond acceptors (Lipinski definition) is 5. The molecule has 1 aliphatic rings. The number of benzene rings is 2. The molecule has 0 bridgehead atoms. The Morgan fingerprint density at radius 3 is 2.24 bits per heavy atom. The molecule has 0 saturated carbocycles. The highest BCUT2D eigenvalue weighted by Crippen LogP contribution is 2.26. The van der Waals surface area contributed by atoms with E-state index in [0.29, 0.717) is 30.6 Å². The van der Waals surface area contributed by atoms with E-state index in [4.69, 9.17) is 5.73 Å². The van der Waals surface area contributed by atoms with Crippen molar-refractivity contribution in [2.24, 2.45) is 5.73 Å². The maximum absolute atomic E-state index is 12.6. The minimum Gasteiger partial charge on any atom is -0.368 e. The summed E-state index contributed by atoms with van der Waals surface area (Å²) in [5.41, 5.74) is 9.64. The van der Waals surface area contributed by atoms with Gasteiger partial charge in [-0.05, 0) is 43.2 Å². The molecule has 1 heterocycles. The van der Waals surface area contributed by atoms with Crippen LogP contribution in [0.2, 0.25) is 0 Å². The smallest absolute Gasteiger partial charge is 0.251 e. The molecular formula is C25H33N5O3. The molecule has 0 radical (unpaired) electrons. The number of nitrogens with one attached hydrogen (secondary N) is 1. The molecule has 0 spiro atoms. The third-order valence-corrected chi connectivity index (χ3v) is 6.09. The summed E-state index contributed by atoms with van der Waals surface area (Å²) in [7, 11) is 1.73. The van der Waals surface area contributed by atoms with E-state index in [1.165, 1.54) is 18.2 Å². The molecule has 0 unspecified atom stereocenters. The second kappa shape index (κ2) is 10.8. The van der Waals surface area contributed by atoms with E-state index in [1.807, 2.05) is 18.2 Å². The van der Waals surface area contributed by atoms with E-state index < -0.39 is 5.91 Å². The fourth-order valence-corrected chi connectivity index (χ4v) is 4.03. The van der Waals surface area contributed by atoms with Crippen LogP contribution in [0.4, 0.5) is 11.4 Å². The molecule has 33 heavy (non-hydrogen) atoms. The number of piperazine rings is 1. The quantitative estimate of drug-likeness (QED) is 0.599. The number of nitrogens with zero attached hydrogens (tertiary/aromatic N) is 3. The van der Waals surface area contributed by atoms with Crippen LogP contribution in [0.1, 0.15) is 39.6 Å². The van der Waals surface area contributed by atoms with Gasteiger partial charge in [-0.2, -0.15) is 0 Å². The van der Waals surface area contributed by atoms with Crippen LogP contribution in [-0.4, -0.2) is 68.9 Å². The van der Waals surface area contributed by atoms with Gasteiger partial charge in [-0.15, -0.1) is 0 Å². The van der Waals surface area contributed by atoms with Crippen LogP contribution in [0.5, 0.6) is 0 Å². The lowest BCUT2D eigenvalue weighted by molar-refractivity contribution is -0.127. The average molecular weight is 452 g/mol. The molecule has 1 saturated heterocycles. The summed E-state index contributed by atoms with van der Waals surface area (Å²) in [6.45, 7) is 7.79. The largest absolute Gasteiger partial charge is 0.368 e. The van der Waals surface area contributed by atoms with Gasteiger partial charge in [0, 0.05) is 70.2 Å². The van der Waals surface area contributed by atoms with Crippen LogP contribution in [-0.2, 0) is 4.79 Å². The van der Waals surface area contributed by atoms with Crippen LogP contribution in [0, 0.1) is 6.92 Å². The van der Waals surface area contributed by atoms with Crippen molar-refractivity contribution >= 4 is 29.1 Å². The van der Waals surface area contributed by atoms with Gasteiger partial charge >= 0.3 is 0 Å². The molecule has 0 atom stereocenters. The van der Waals surface area contributed by atoms with Crippen molar-refractivity contribution in [1.82, 2.24) is 10.2 Å². The number of hydrogen-bond donors (Lipinski definition) is 2. The molecule has 1 aliphatic heterocycles. The van der Waals surface area contributed by atoms with Gasteiger partial charge in [0.15, 0.2) is 0 Å². The fraction of sp³-hybridized carbons (Fsp3) is 0.400. The first-order valence-corrected chi connectivity index (χ1v) is 11.3. The zero-order valence-electron chi connectivity index (χ0n) is 19.6. The Bertz CT molecular complexity index is 1010. The van der Waals surface area contributed by atoms with Gasteiger partial charge in [-0.25, -0.2) is 0 Å². The molecular weight excluding hydrogens is 418 g/mol. The number of primary amides is 1. The Morgan fingerprint density at radius 2 is 1.64 bits per heavy atom. The van der Waals surface area contributed by atoms with Crippen molar-refractivity contribution in [3.8, 4) is 0 Å². The van der Waals surface area contributed by atoms with Gasteiger partial charge in [0.05, 0.1) is 5.56 Å². The van der Waals surface area contributed by atoms with Crippen LogP contribution < -0.4 is 20.9 Å². The summed E-state index contributed by atoms with van der Waals surface area (Å²) >= 11 is 0. The number of aryl methyl sites for hydroxylation is 1. The predicted octanol–water partition coefficient (Wildman–Crippen LogP) is 2.02. The normalized spacial score (nSPS) is 13.5. The molecule has 2 aromatic rings. The van der Waals surface area contributed by atoms with Gasteiger partial charge in [-0.1, -0.05) is 18.2 Å². The molecule has 1 fully saturated rings. The lowest BCUT2D eigenvalue weighted by atomic mass is 10.1. The third-order valence-electron chi connectivity index (χ3n) is 6.09. The van der Waals surface area contributed by atoms with Crippen LogP contribution in [0.25, 0.3) is 0 Å². The van der Waals surface area contributed by atoms with Crippen molar-refractivity contribution in [3.63, 3.8) is 0 Å². The van der Waals surface area contributed by atoms with Crippen molar-refractivity contribution in [2.45, 2.75) is 20.3 Å². The van der Waals surface area contributed by atoms with E-state index >= 15 is 0 Å². The molecule has 3 N–H and O–H groups in total. The Balaban J connectivity index is 1.63. The second-order valence-electron chi connectivity index (χ2n) is 8.41. The maximum atomic E-state index is 12.6. The summed E-state index contributed by atoms with van der Waals surface area (Å²) < 4.78 is 0. The van der Waals surface area contributed by atoms with Gasteiger partial charge in [-0.3, -0.25) is 14.4 Å². The molecule has 3 rings (SSSR count). The minimum absolute atomic E-state index is 0.0113. The van der Waals surface area contributed by atoms with Crippen LogP contribution >= 0.6 is 0 Å². The zero-order valence-corrected chi connectivity index (χ0v) is 19.6. The lowest BCUT2D eigenvalue weighted by Gasteiger charge is -2.38. The van der Waals surface area contributed by atoms with E-state index in [-0.39, 0.29) is 11.8 Å². The van der Waals surface area contributed by atoms with Crippen LogP contribution in [0.15, 0.2) is 42.5 Å². The van der Waals surface area contributed by atoms with E-state index in [9.17, 15) is 14.4 Å². The molecule has 3 amide bonds. The van der Waals surface area contributed by atoms with Gasteiger partial charge in [0.25, 0.3) is 11.8 Å². The summed E-state index contributed by atoms with van der Waals surface area (Å²) in [5.74, 6) is -0.828. The Kier molecular flexibility index (Phi) is 7.92. The van der Waals surface area contributed by atoms with Crippen molar-refractivity contribution in [2.75, 3.05) is 56.1 Å². The molecule has 176 valence electrons. The Hall–Kier alpha value is -3.55. The molecule has 0 aromatic heterocycles. The summed E-state index contributed by atoms with van der Waals surface area (Å²) in [6, 6.07) is 13.4. The molecule has 8 nitrogen and oxygen atoms in total. The molecule has 2 aromatic carbocycles. The predicted molar refractivity (Wildman–Crippen MR) is 131 cm³/mol. The van der Waals surface area contributed by atoms with Crippen molar-refractivity contribution in [3.05, 3.63) is 59.2 Å². The first-order chi connectivity index (χ1) is 15.8. The number of para-hydroxylation sites is 1. The standard InChI is InChI=1S/C25H33N5O3/c1-18-7-4-5-8-22(18)29-13-15-30(16-14-29)23-10-9-20(17-21(23)24(26)32)25(33)27-11-6-12-28(3)19(2)31/h4-5,7-10,17H,6,11-16H2,1-3H3,(H2,26,32)(H,27,33). The van der Waals surface area contributed by atoms with Crippen molar-refractivity contribution < 1.29 is 14.4 Å². The third kappa shape index (κ3) is 6.03. The SMILES string of the molecule is CC(=O)N(C)CCCNC(=O)c1ccc(N2CCN(c3ccccc3C)CC2)c(C(N)=O)c1. The number of amides is 3. The number of rotatable bonds is 8. The van der Waals surface area contributed by atoms with E-state index in [0.717, 1.165) is 31.9 Å². The molecule has 0 aliphatic carbocycles. The van der Waals surface area contributed by atoms with Crippen molar-refractivity contribution in [1.29, 1.82) is 0 Å². The fourth-order valence-electron chi connectivity index (χ4n) is 4.03. The number of carbonyl (C=O) groups is 3. The van der Waals surface area contributed by atoms with Gasteiger partial charge in [0.1, 0.15) is 0 Å². The zero-order chi connectivity index (χ0) is 24.0. The number of anilines is 2.